The third-order valence-electron chi connectivity index (χ3n) is 4.66. The third-order valence-corrected chi connectivity index (χ3v) is 4.66. The summed E-state index contributed by atoms with van der Waals surface area (Å²) in [6.45, 7) is 4.52. The highest BCUT2D eigenvalue weighted by atomic mass is 16.5. The molecule has 6 heteroatoms. The van der Waals surface area contributed by atoms with E-state index >= 15 is 0 Å². The molecule has 0 aromatic heterocycles. The molecule has 1 aliphatic rings. The zero-order chi connectivity index (χ0) is 19.8. The number of carbonyl (C=O) groups is 2. The Morgan fingerprint density at radius 3 is 2.75 bits per heavy atom. The van der Waals surface area contributed by atoms with Crippen LogP contribution in [-0.2, 0) is 16.1 Å². The summed E-state index contributed by atoms with van der Waals surface area (Å²) in [4.78, 5) is 26.5. The molecule has 1 aliphatic heterocycles. The normalized spacial score (nSPS) is 17.0. The Bertz CT molecular complexity index is 795. The molecule has 0 spiro atoms. The largest absolute Gasteiger partial charge is 0.457 e. The number of piperazine rings is 1. The number of hydrogen-bond donors (Lipinski definition) is 2. The lowest BCUT2D eigenvalue weighted by Gasteiger charge is -2.34. The van der Waals surface area contributed by atoms with Crippen LogP contribution in [-0.4, -0.2) is 42.4 Å². The van der Waals surface area contributed by atoms with Gasteiger partial charge in [-0.25, -0.2) is 0 Å². The molecule has 1 heterocycles. The molecule has 0 bridgehead atoms. The molecule has 6 nitrogen and oxygen atoms in total. The lowest BCUT2D eigenvalue weighted by Crippen LogP contribution is -2.56. The van der Waals surface area contributed by atoms with Gasteiger partial charge in [-0.3, -0.25) is 14.5 Å². The lowest BCUT2D eigenvalue weighted by atomic mass is 10.1. The van der Waals surface area contributed by atoms with Crippen LogP contribution in [0.25, 0.3) is 0 Å². The van der Waals surface area contributed by atoms with Crippen molar-refractivity contribution in [1.82, 2.24) is 15.5 Å². The Morgan fingerprint density at radius 1 is 1.18 bits per heavy atom. The molecule has 2 aromatic carbocycles. The Labute approximate surface area is 165 Å². The number of benzene rings is 2. The summed E-state index contributed by atoms with van der Waals surface area (Å²) in [7, 11) is 0. The highest BCUT2D eigenvalue weighted by molar-refractivity contribution is 5.88. The van der Waals surface area contributed by atoms with E-state index in [1.165, 1.54) is 0 Å². The Morgan fingerprint density at radius 2 is 1.96 bits per heavy atom. The van der Waals surface area contributed by atoms with E-state index in [2.05, 4.69) is 15.5 Å². The lowest BCUT2D eigenvalue weighted by molar-refractivity contribution is -0.134. The van der Waals surface area contributed by atoms with Gasteiger partial charge in [-0.15, -0.1) is 0 Å². The summed E-state index contributed by atoms with van der Waals surface area (Å²) in [6, 6.07) is 17.0. The Hall–Kier alpha value is -2.86. The molecular formula is C22H27N3O3. The number of hydrogen-bond acceptors (Lipinski definition) is 4. The minimum absolute atomic E-state index is 0.0879. The van der Waals surface area contributed by atoms with Crippen LogP contribution in [0.1, 0.15) is 25.3 Å². The minimum atomic E-state index is -0.454. The van der Waals surface area contributed by atoms with Gasteiger partial charge in [0.05, 0.1) is 12.5 Å². The second-order valence-electron chi connectivity index (χ2n) is 6.89. The van der Waals surface area contributed by atoms with E-state index in [4.69, 9.17) is 4.74 Å². The van der Waals surface area contributed by atoms with Crippen LogP contribution in [0.4, 0.5) is 0 Å². The molecule has 1 unspecified atom stereocenters. The molecule has 0 aliphatic carbocycles. The van der Waals surface area contributed by atoms with Gasteiger partial charge in [-0.2, -0.15) is 0 Å². The molecule has 2 amide bonds. The van der Waals surface area contributed by atoms with Crippen molar-refractivity contribution in [1.29, 1.82) is 0 Å². The first kappa shape index (κ1) is 19.9. The molecule has 1 atom stereocenters. The van der Waals surface area contributed by atoms with E-state index in [9.17, 15) is 9.59 Å². The van der Waals surface area contributed by atoms with Crippen molar-refractivity contribution in [2.45, 2.75) is 32.4 Å². The van der Waals surface area contributed by atoms with Crippen molar-refractivity contribution >= 4 is 11.8 Å². The fraction of sp³-hybridized carbons (Fsp3) is 0.364. The first-order chi connectivity index (χ1) is 13.7. The van der Waals surface area contributed by atoms with Crippen LogP contribution in [0.2, 0.25) is 0 Å². The number of nitrogens with zero attached hydrogens (tertiary/aromatic N) is 1. The predicted molar refractivity (Wildman–Crippen MR) is 108 cm³/mol. The van der Waals surface area contributed by atoms with Crippen LogP contribution in [0, 0.1) is 0 Å². The van der Waals surface area contributed by atoms with Crippen LogP contribution in [0.15, 0.2) is 54.6 Å². The van der Waals surface area contributed by atoms with Crippen LogP contribution >= 0.6 is 0 Å². The van der Waals surface area contributed by atoms with Crippen molar-refractivity contribution in [3.8, 4) is 11.5 Å². The maximum Gasteiger partial charge on any atom is 0.237 e. The SMILES string of the molecule is CCCNC(=O)CC1C(=O)NCCN1Cc1cccc(Oc2ccccc2)c1. The van der Waals surface area contributed by atoms with E-state index in [-0.39, 0.29) is 18.2 Å². The minimum Gasteiger partial charge on any atom is -0.457 e. The van der Waals surface area contributed by atoms with Crippen LogP contribution in [0.3, 0.4) is 0 Å². The molecule has 148 valence electrons. The topological polar surface area (TPSA) is 70.7 Å². The average molecular weight is 381 g/mol. The van der Waals surface area contributed by atoms with Crippen molar-refractivity contribution in [2.75, 3.05) is 19.6 Å². The summed E-state index contributed by atoms with van der Waals surface area (Å²) in [5, 5.41) is 5.72. The number of rotatable bonds is 8. The van der Waals surface area contributed by atoms with Gasteiger partial charge in [0.25, 0.3) is 0 Å². The summed E-state index contributed by atoms with van der Waals surface area (Å²) >= 11 is 0. The van der Waals surface area contributed by atoms with Gasteiger partial charge >= 0.3 is 0 Å². The fourth-order valence-corrected chi connectivity index (χ4v) is 3.25. The standard InChI is InChI=1S/C22H27N3O3/c1-2-11-23-21(26)15-20-22(27)24-12-13-25(20)16-17-7-6-10-19(14-17)28-18-8-4-3-5-9-18/h3-10,14,20H,2,11-13,15-16H2,1H3,(H,23,26)(H,24,27). The molecule has 28 heavy (non-hydrogen) atoms. The summed E-state index contributed by atoms with van der Waals surface area (Å²) in [5.41, 5.74) is 1.04. The number of carbonyl (C=O) groups excluding carboxylic acids is 2. The van der Waals surface area contributed by atoms with E-state index in [1.807, 2.05) is 61.5 Å². The Kier molecular flexibility index (Phi) is 7.03. The van der Waals surface area contributed by atoms with E-state index in [0.717, 1.165) is 23.5 Å². The van der Waals surface area contributed by atoms with Gasteiger partial charge in [0, 0.05) is 26.2 Å². The molecule has 3 rings (SSSR count). The monoisotopic (exact) mass is 381 g/mol. The molecule has 2 N–H and O–H groups in total. The predicted octanol–water partition coefficient (Wildman–Crippen LogP) is 2.70. The van der Waals surface area contributed by atoms with Gasteiger partial charge in [0.2, 0.25) is 11.8 Å². The zero-order valence-corrected chi connectivity index (χ0v) is 16.2. The molecule has 1 fully saturated rings. The van der Waals surface area contributed by atoms with Crippen molar-refractivity contribution in [2.24, 2.45) is 0 Å². The van der Waals surface area contributed by atoms with Gasteiger partial charge in [-0.05, 0) is 36.2 Å². The second kappa shape index (κ2) is 9.90. The summed E-state index contributed by atoms with van der Waals surface area (Å²) in [5.74, 6) is 1.36. The number of ether oxygens (including phenoxy) is 1. The highest BCUT2D eigenvalue weighted by Gasteiger charge is 2.31. The van der Waals surface area contributed by atoms with Crippen LogP contribution < -0.4 is 15.4 Å². The smallest absolute Gasteiger partial charge is 0.237 e. The molecule has 2 aromatic rings. The first-order valence-electron chi connectivity index (χ1n) is 9.76. The Balaban J connectivity index is 1.67. The third kappa shape index (κ3) is 5.57. The first-order valence-corrected chi connectivity index (χ1v) is 9.76. The molecular weight excluding hydrogens is 354 g/mol. The zero-order valence-electron chi connectivity index (χ0n) is 16.2. The van der Waals surface area contributed by atoms with Gasteiger partial charge in [0.1, 0.15) is 11.5 Å². The van der Waals surface area contributed by atoms with Gasteiger partial charge in [-0.1, -0.05) is 37.3 Å². The average Bonchev–Trinajstić information content (AvgIpc) is 2.70. The van der Waals surface area contributed by atoms with Gasteiger partial charge < -0.3 is 15.4 Å². The number of nitrogens with one attached hydrogen (secondary N) is 2. The van der Waals surface area contributed by atoms with Crippen LogP contribution in [0.5, 0.6) is 11.5 Å². The van der Waals surface area contributed by atoms with Crippen molar-refractivity contribution in [3.63, 3.8) is 0 Å². The van der Waals surface area contributed by atoms with E-state index < -0.39 is 6.04 Å². The second-order valence-corrected chi connectivity index (χ2v) is 6.89. The molecule has 1 saturated heterocycles. The van der Waals surface area contributed by atoms with Crippen molar-refractivity contribution in [3.05, 3.63) is 60.2 Å². The number of amides is 2. The number of para-hydroxylation sites is 1. The van der Waals surface area contributed by atoms with E-state index in [0.29, 0.717) is 26.2 Å². The van der Waals surface area contributed by atoms with Gasteiger partial charge in [0.15, 0.2) is 0 Å². The molecule has 0 saturated carbocycles. The van der Waals surface area contributed by atoms with Crippen molar-refractivity contribution < 1.29 is 14.3 Å². The molecule has 0 radical (unpaired) electrons. The maximum absolute atomic E-state index is 12.4. The summed E-state index contributed by atoms with van der Waals surface area (Å²) < 4.78 is 5.90. The maximum atomic E-state index is 12.4. The highest BCUT2D eigenvalue weighted by Crippen LogP contribution is 2.23. The van der Waals surface area contributed by atoms with E-state index in [1.54, 1.807) is 0 Å². The quantitative estimate of drug-likeness (QED) is 0.738. The fourth-order valence-electron chi connectivity index (χ4n) is 3.25. The summed E-state index contributed by atoms with van der Waals surface area (Å²) in [6.07, 6.45) is 1.05.